The number of hydrogen-bond acceptors (Lipinski definition) is 8. The van der Waals surface area contributed by atoms with Crippen LogP contribution in [-0.4, -0.2) is 32.5 Å². The van der Waals surface area contributed by atoms with E-state index in [1.807, 2.05) is 19.1 Å². The van der Waals surface area contributed by atoms with Crippen molar-refractivity contribution in [3.05, 3.63) is 364 Å². The Morgan fingerprint density at radius 2 is 0.875 bits per heavy atom. The molecule has 1 aliphatic rings. The van der Waals surface area contributed by atoms with Crippen LogP contribution in [0, 0.1) is 55.4 Å². The molecule has 1 unspecified atom stereocenters. The van der Waals surface area contributed by atoms with Gasteiger partial charge in [-0.1, -0.05) is 217 Å². The molecule has 10 aromatic carbocycles. The van der Waals surface area contributed by atoms with Gasteiger partial charge in [0.25, 0.3) is 0 Å². The number of phenolic OH excluding ortho intramolecular Hbond substituents is 3. The molecule has 0 amide bonds. The van der Waals surface area contributed by atoms with Gasteiger partial charge in [-0.25, -0.2) is 0 Å². The van der Waals surface area contributed by atoms with Gasteiger partial charge in [-0.15, -0.1) is 0 Å². The first-order chi connectivity index (χ1) is 50.1. The molecule has 0 aliphatic heterocycles. The standard InChI is InChI=1S/C96H106N4O4/c1-14-78-50-90(98(58-76-30-21-17-22-31-76)60-79-34-26-25-27-68(79)7)52-85(94(78)102)48-86-53-91(99(59-77-32-23-18-24-33-77)62-81-40-36-65(4)44-70(81)9)54-87(96(86)104)49-88-56-92(100(63-82-41-37-66(5)45-71(82)10)73(12)93-42-38-67(6)46-72(93)11)55-84(95(88)103)47-83(74(13)101)51-89(15-2)97(57-75-28-19-16-20-29-75)61-80-39-35-64(3)43-69(80)8/h15-25,27-33,35-46,50-56,73,102-104H,14,26,34,47-49,57-63H2,1-13H3. The zero-order valence-electron chi connectivity index (χ0n) is 63.7. The second kappa shape index (κ2) is 34.1. The largest absolute Gasteiger partial charge is 0.507 e. The minimum absolute atomic E-state index is 0.0583. The minimum Gasteiger partial charge on any atom is -0.507 e. The fourth-order valence-corrected chi connectivity index (χ4v) is 15.1. The molecule has 0 heterocycles. The Morgan fingerprint density at radius 3 is 1.35 bits per heavy atom. The molecule has 0 radical (unpaired) electrons. The molecule has 0 fully saturated rings. The first kappa shape index (κ1) is 74.6. The molecule has 0 aromatic heterocycles. The summed E-state index contributed by atoms with van der Waals surface area (Å²) in [6.45, 7) is 31.8. The first-order valence-electron chi connectivity index (χ1n) is 37.2. The maximum atomic E-state index is 14.7. The van der Waals surface area contributed by atoms with E-state index in [4.69, 9.17) is 0 Å². The maximum Gasteiger partial charge on any atom is 0.156 e. The van der Waals surface area contributed by atoms with Crippen LogP contribution >= 0.6 is 0 Å². The lowest BCUT2D eigenvalue weighted by atomic mass is 9.91. The Bertz CT molecular complexity index is 4830. The molecule has 0 saturated carbocycles. The van der Waals surface area contributed by atoms with Crippen LogP contribution in [0.3, 0.4) is 0 Å². The third kappa shape index (κ3) is 18.6. The Hall–Kier alpha value is -10.6. The average molecular weight is 1380 g/mol. The summed E-state index contributed by atoms with van der Waals surface area (Å²) in [6, 6.07) is 70.8. The Balaban J connectivity index is 1.11. The fourth-order valence-electron chi connectivity index (χ4n) is 15.1. The summed E-state index contributed by atoms with van der Waals surface area (Å²) in [5.74, 6) is 0.263. The van der Waals surface area contributed by atoms with E-state index in [-0.39, 0.29) is 48.3 Å². The molecule has 8 nitrogen and oxygen atoms in total. The monoisotopic (exact) mass is 1380 g/mol. The Morgan fingerprint density at radius 1 is 0.452 bits per heavy atom. The van der Waals surface area contributed by atoms with E-state index < -0.39 is 0 Å². The Labute approximate surface area is 620 Å². The van der Waals surface area contributed by atoms with Crippen LogP contribution in [0.15, 0.2) is 247 Å². The number of Topliss-reactive ketones (excluding diaryl/α,β-unsaturated/α-hetero) is 1. The van der Waals surface area contributed by atoms with Crippen LogP contribution in [0.25, 0.3) is 0 Å². The van der Waals surface area contributed by atoms with Gasteiger partial charge in [0, 0.05) is 121 Å². The van der Waals surface area contributed by atoms with Gasteiger partial charge in [0.05, 0.1) is 6.04 Å². The van der Waals surface area contributed by atoms with Crippen LogP contribution in [0.2, 0.25) is 0 Å². The number of carbonyl (C=O) groups is 1. The van der Waals surface area contributed by atoms with Crippen molar-refractivity contribution in [1.29, 1.82) is 0 Å². The predicted octanol–water partition coefficient (Wildman–Crippen LogP) is 22.3. The Kier molecular flexibility index (Phi) is 24.5. The van der Waals surface area contributed by atoms with Crippen molar-refractivity contribution >= 4 is 22.8 Å². The lowest BCUT2D eigenvalue weighted by Crippen LogP contribution is -2.27. The lowest BCUT2D eigenvalue weighted by Gasteiger charge is -2.34. The van der Waals surface area contributed by atoms with Gasteiger partial charge in [-0.3, -0.25) is 4.79 Å². The molecule has 104 heavy (non-hydrogen) atoms. The van der Waals surface area contributed by atoms with E-state index in [1.165, 1.54) is 83.5 Å². The molecule has 534 valence electrons. The predicted molar refractivity (Wildman–Crippen MR) is 434 cm³/mol. The van der Waals surface area contributed by atoms with E-state index in [2.05, 4.69) is 308 Å². The number of nitrogens with zero attached hydrogens (tertiary/aromatic N) is 4. The molecule has 11 rings (SSSR count). The third-order valence-electron chi connectivity index (χ3n) is 21.2. The maximum absolute atomic E-state index is 14.7. The summed E-state index contributed by atoms with van der Waals surface area (Å²) in [7, 11) is 0. The van der Waals surface area contributed by atoms with Crippen molar-refractivity contribution < 1.29 is 20.1 Å². The van der Waals surface area contributed by atoms with Crippen molar-refractivity contribution in [3.8, 4) is 17.2 Å². The third-order valence-corrected chi connectivity index (χ3v) is 21.2. The van der Waals surface area contributed by atoms with Crippen LogP contribution in [0.4, 0.5) is 17.1 Å². The number of phenols is 3. The summed E-state index contributed by atoms with van der Waals surface area (Å²) in [4.78, 5) is 24.3. The van der Waals surface area contributed by atoms with E-state index in [0.29, 0.717) is 79.1 Å². The molecule has 0 saturated heterocycles. The van der Waals surface area contributed by atoms with Crippen LogP contribution in [0.5, 0.6) is 17.2 Å². The molecule has 3 N–H and O–H groups in total. The van der Waals surface area contributed by atoms with Crippen LogP contribution in [0.1, 0.15) is 170 Å². The van der Waals surface area contributed by atoms with Crippen molar-refractivity contribution in [1.82, 2.24) is 4.90 Å². The van der Waals surface area contributed by atoms with Gasteiger partial charge in [-0.2, -0.15) is 0 Å². The number of aryl methyl sites for hydroxylation is 9. The highest BCUT2D eigenvalue weighted by molar-refractivity contribution is 5.94. The summed E-state index contributed by atoms with van der Waals surface area (Å²) in [5.41, 5.74) is 28.6. The number of anilines is 3. The number of ketones is 1. The number of allylic oxidation sites excluding steroid dienone is 6. The van der Waals surface area contributed by atoms with Crippen LogP contribution < -0.4 is 14.7 Å². The summed E-state index contributed by atoms with van der Waals surface area (Å²) >= 11 is 0. The van der Waals surface area contributed by atoms with Crippen molar-refractivity contribution in [2.45, 2.75) is 174 Å². The van der Waals surface area contributed by atoms with Gasteiger partial charge in [0.1, 0.15) is 17.2 Å². The zero-order valence-corrected chi connectivity index (χ0v) is 63.7. The fraction of sp³-hybridized carbons (Fsp3) is 0.281. The normalized spacial score (nSPS) is 12.8. The summed E-state index contributed by atoms with van der Waals surface area (Å²) in [5, 5.41) is 39.7. The van der Waals surface area contributed by atoms with E-state index in [1.54, 1.807) is 6.92 Å². The van der Waals surface area contributed by atoms with Gasteiger partial charge in [0.2, 0.25) is 0 Å². The SMILES string of the molecule is CC=C(C=C(Cc1cc(N(Cc2ccc(C)cc2C)C(C)c2ccc(C)cc2C)cc(Cc2cc(N(Cc3ccccc3)Cc3ccc(C)cc3C)cc(Cc3cc(N(CC4=C(C)C=CCC4)Cc4ccccc4)cc(CC)c3O)c2O)c1O)C(C)=O)N(Cc1ccccc1)Cc1ccc(C)cc1C. The van der Waals surface area contributed by atoms with Crippen molar-refractivity contribution in [2.24, 2.45) is 0 Å². The van der Waals surface area contributed by atoms with E-state index >= 15 is 0 Å². The highest BCUT2D eigenvalue weighted by Gasteiger charge is 2.27. The molecule has 0 spiro atoms. The summed E-state index contributed by atoms with van der Waals surface area (Å²) < 4.78 is 0. The molecular weight excluding hydrogens is 1270 g/mol. The second-order valence-corrected chi connectivity index (χ2v) is 29.4. The van der Waals surface area contributed by atoms with Crippen molar-refractivity contribution in [2.75, 3.05) is 21.2 Å². The van der Waals surface area contributed by atoms with Gasteiger partial charge in [-0.05, 0) is 217 Å². The second-order valence-electron chi connectivity index (χ2n) is 29.4. The molecule has 0 bridgehead atoms. The molecule has 1 atom stereocenters. The van der Waals surface area contributed by atoms with Crippen LogP contribution in [-0.2, 0) is 69.7 Å². The highest BCUT2D eigenvalue weighted by Crippen LogP contribution is 2.43. The summed E-state index contributed by atoms with van der Waals surface area (Å²) in [6.07, 6.45) is 11.7. The number of rotatable bonds is 29. The van der Waals surface area contributed by atoms with Crippen molar-refractivity contribution in [3.63, 3.8) is 0 Å². The van der Waals surface area contributed by atoms with Gasteiger partial charge >= 0.3 is 0 Å². The lowest BCUT2D eigenvalue weighted by molar-refractivity contribution is -0.113. The van der Waals surface area contributed by atoms with E-state index in [9.17, 15) is 20.1 Å². The molecule has 1 aliphatic carbocycles. The number of hydrogen-bond donors (Lipinski definition) is 3. The smallest absolute Gasteiger partial charge is 0.156 e. The van der Waals surface area contributed by atoms with Gasteiger partial charge in [0.15, 0.2) is 5.78 Å². The molecular formula is C96H106N4O4. The van der Waals surface area contributed by atoms with E-state index in [0.717, 1.165) is 58.8 Å². The first-order valence-corrected chi connectivity index (χ1v) is 37.2. The average Bonchev–Trinajstić information content (AvgIpc) is 0.780. The number of carbonyl (C=O) groups excluding carboxylic acids is 1. The topological polar surface area (TPSA) is 90.7 Å². The number of aromatic hydroxyl groups is 3. The minimum atomic E-state index is -0.156. The number of benzene rings is 10. The molecule has 10 aromatic rings. The zero-order chi connectivity index (χ0) is 73.7. The molecule has 8 heteroatoms. The van der Waals surface area contributed by atoms with Gasteiger partial charge < -0.3 is 34.9 Å². The quantitative estimate of drug-likeness (QED) is 0.0316. The highest BCUT2D eigenvalue weighted by atomic mass is 16.3.